The molecular weight excluding hydrogens is 432 g/mol. The van der Waals surface area contributed by atoms with Gasteiger partial charge in [0.25, 0.3) is 0 Å². The summed E-state index contributed by atoms with van der Waals surface area (Å²) < 4.78 is 28.0. The number of aromatic nitrogens is 1. The van der Waals surface area contributed by atoms with Gasteiger partial charge in [0.15, 0.2) is 0 Å². The van der Waals surface area contributed by atoms with Crippen LogP contribution in [0.4, 0.5) is 13.6 Å². The van der Waals surface area contributed by atoms with Crippen molar-refractivity contribution in [2.24, 2.45) is 17.8 Å². The molecule has 1 aromatic carbocycles. The van der Waals surface area contributed by atoms with Crippen LogP contribution >= 0.6 is 0 Å². The van der Waals surface area contributed by atoms with Crippen molar-refractivity contribution in [3.63, 3.8) is 0 Å². The predicted octanol–water partition coefficient (Wildman–Crippen LogP) is 3.06. The zero-order chi connectivity index (χ0) is 23.9. The van der Waals surface area contributed by atoms with Crippen molar-refractivity contribution in [3.05, 3.63) is 65.5 Å². The Hall–Kier alpha value is -3.07. The van der Waals surface area contributed by atoms with Gasteiger partial charge in [0.1, 0.15) is 17.2 Å². The summed E-state index contributed by atoms with van der Waals surface area (Å²) in [4.78, 5) is 32.2. The van der Waals surface area contributed by atoms with E-state index in [0.29, 0.717) is 5.69 Å². The summed E-state index contributed by atoms with van der Waals surface area (Å²) >= 11 is 0. The SMILES string of the molecule is C[C@@H]1CN(C(=O)[C@H]2CN(C(=O)O)C[C@H]2c2ccc(F)cc2F)C[C@H](C)C1(O)c1ccccn1. The number of carbonyl (C=O) groups is 2. The molecule has 1 aromatic heterocycles. The highest BCUT2D eigenvalue weighted by molar-refractivity contribution is 5.82. The average Bonchev–Trinajstić information content (AvgIpc) is 3.22. The molecule has 0 bridgehead atoms. The summed E-state index contributed by atoms with van der Waals surface area (Å²) in [5.74, 6) is -4.03. The van der Waals surface area contributed by atoms with Gasteiger partial charge in [0.2, 0.25) is 5.91 Å². The first kappa shape index (κ1) is 23.1. The van der Waals surface area contributed by atoms with E-state index in [1.165, 1.54) is 6.07 Å². The average molecular weight is 459 g/mol. The van der Waals surface area contributed by atoms with Crippen molar-refractivity contribution in [1.82, 2.24) is 14.8 Å². The third-order valence-corrected chi connectivity index (χ3v) is 7.15. The zero-order valence-electron chi connectivity index (χ0n) is 18.5. The third-order valence-electron chi connectivity index (χ3n) is 7.15. The third kappa shape index (κ3) is 4.06. The Morgan fingerprint density at radius 3 is 2.30 bits per heavy atom. The minimum absolute atomic E-state index is 0.0505. The second-order valence-electron chi connectivity index (χ2n) is 9.15. The van der Waals surface area contributed by atoms with Crippen molar-refractivity contribution in [2.45, 2.75) is 25.4 Å². The number of halogens is 2. The lowest BCUT2D eigenvalue weighted by Gasteiger charge is -2.48. The van der Waals surface area contributed by atoms with E-state index in [0.717, 1.165) is 17.0 Å². The molecule has 1 unspecified atom stereocenters. The van der Waals surface area contributed by atoms with E-state index in [1.807, 2.05) is 13.8 Å². The molecule has 0 aliphatic carbocycles. The highest BCUT2D eigenvalue weighted by atomic mass is 19.1. The van der Waals surface area contributed by atoms with Crippen LogP contribution in [-0.2, 0) is 10.4 Å². The molecule has 3 heterocycles. The van der Waals surface area contributed by atoms with Crippen LogP contribution in [0.3, 0.4) is 0 Å². The number of carbonyl (C=O) groups excluding carboxylic acids is 1. The molecule has 7 nitrogen and oxygen atoms in total. The summed E-state index contributed by atoms with van der Waals surface area (Å²) in [6.07, 6.45) is 0.424. The first-order valence-electron chi connectivity index (χ1n) is 11.0. The van der Waals surface area contributed by atoms with Crippen molar-refractivity contribution in [3.8, 4) is 0 Å². The van der Waals surface area contributed by atoms with Crippen LogP contribution in [0, 0.1) is 29.4 Å². The molecule has 4 rings (SSSR count). The minimum atomic E-state index is -1.22. The lowest BCUT2D eigenvalue weighted by molar-refractivity contribution is -0.153. The fourth-order valence-corrected chi connectivity index (χ4v) is 5.35. The topological polar surface area (TPSA) is 94.0 Å². The maximum atomic E-state index is 14.6. The molecule has 176 valence electrons. The molecule has 0 saturated carbocycles. The molecule has 9 heteroatoms. The molecule has 2 aromatic rings. The van der Waals surface area contributed by atoms with E-state index in [4.69, 9.17) is 0 Å². The van der Waals surface area contributed by atoms with Crippen molar-refractivity contribution in [2.75, 3.05) is 26.2 Å². The summed E-state index contributed by atoms with van der Waals surface area (Å²) in [7, 11) is 0. The fourth-order valence-electron chi connectivity index (χ4n) is 5.35. The number of amides is 2. The number of benzene rings is 1. The van der Waals surface area contributed by atoms with Gasteiger partial charge in [-0.1, -0.05) is 26.0 Å². The maximum Gasteiger partial charge on any atom is 0.407 e. The summed E-state index contributed by atoms with van der Waals surface area (Å²) in [5, 5.41) is 21.0. The molecule has 2 aliphatic heterocycles. The quantitative estimate of drug-likeness (QED) is 0.736. The van der Waals surface area contributed by atoms with Gasteiger partial charge in [0, 0.05) is 56.2 Å². The van der Waals surface area contributed by atoms with E-state index in [2.05, 4.69) is 4.98 Å². The van der Waals surface area contributed by atoms with E-state index in [9.17, 15) is 28.6 Å². The molecule has 2 amide bonds. The van der Waals surface area contributed by atoms with E-state index in [-0.39, 0.29) is 49.5 Å². The number of carboxylic acid groups (broad SMARTS) is 1. The molecule has 33 heavy (non-hydrogen) atoms. The normalized spacial score (nSPS) is 29.8. The molecule has 0 radical (unpaired) electrons. The lowest BCUT2D eigenvalue weighted by Crippen LogP contribution is -2.57. The smallest absolute Gasteiger partial charge is 0.407 e. The lowest BCUT2D eigenvalue weighted by atomic mass is 9.72. The number of aliphatic hydroxyl groups is 1. The maximum absolute atomic E-state index is 14.6. The number of pyridine rings is 1. The van der Waals surface area contributed by atoms with Crippen LogP contribution in [0.5, 0.6) is 0 Å². The zero-order valence-corrected chi connectivity index (χ0v) is 18.5. The molecule has 2 saturated heterocycles. The highest BCUT2D eigenvalue weighted by Crippen LogP contribution is 2.42. The second kappa shape index (κ2) is 8.70. The standard InChI is InChI=1S/C24H27F2N3O4/c1-14-10-28(11-15(2)24(14,33)21-5-3-4-8-27-21)22(30)19-13-29(23(31)32)12-18(19)17-7-6-16(25)9-20(17)26/h3-9,14-15,18-19,33H,10-13H2,1-2H3,(H,31,32)/t14-,15+,18-,19-,24?/m0/s1. The second-order valence-corrected chi connectivity index (χ2v) is 9.15. The van der Waals surface area contributed by atoms with Crippen LogP contribution < -0.4 is 0 Å². The van der Waals surface area contributed by atoms with Gasteiger partial charge < -0.3 is 20.0 Å². The van der Waals surface area contributed by atoms with Crippen LogP contribution in [0.2, 0.25) is 0 Å². The summed E-state index contributed by atoms with van der Waals surface area (Å²) in [5.41, 5.74) is -0.550. The van der Waals surface area contributed by atoms with E-state index < -0.39 is 35.2 Å². The fraction of sp³-hybridized carbons (Fsp3) is 0.458. The van der Waals surface area contributed by atoms with Crippen LogP contribution in [0.15, 0.2) is 42.6 Å². The van der Waals surface area contributed by atoms with Crippen LogP contribution in [0.1, 0.15) is 31.0 Å². The monoisotopic (exact) mass is 459 g/mol. The number of nitrogens with zero attached hydrogens (tertiary/aromatic N) is 3. The van der Waals surface area contributed by atoms with Crippen LogP contribution in [0.25, 0.3) is 0 Å². The molecule has 2 N–H and O–H groups in total. The molecule has 0 spiro atoms. The van der Waals surface area contributed by atoms with Gasteiger partial charge >= 0.3 is 6.09 Å². The summed E-state index contributed by atoms with van der Waals surface area (Å²) in [6.45, 7) is 4.07. The van der Waals surface area contributed by atoms with Gasteiger partial charge in [-0.05, 0) is 23.8 Å². The van der Waals surface area contributed by atoms with Crippen molar-refractivity contribution >= 4 is 12.0 Å². The van der Waals surface area contributed by atoms with E-state index >= 15 is 0 Å². The highest BCUT2D eigenvalue weighted by Gasteiger charge is 2.50. The predicted molar refractivity (Wildman–Crippen MR) is 115 cm³/mol. The Labute approximate surface area is 190 Å². The molecule has 2 aliphatic rings. The Bertz CT molecular complexity index is 1040. The largest absolute Gasteiger partial charge is 0.465 e. The van der Waals surface area contributed by atoms with Gasteiger partial charge in [-0.3, -0.25) is 9.78 Å². The van der Waals surface area contributed by atoms with Gasteiger partial charge in [-0.15, -0.1) is 0 Å². The Kier molecular flexibility index (Phi) is 6.09. The number of likely N-dealkylation sites (tertiary alicyclic amines) is 2. The number of hydrogen-bond acceptors (Lipinski definition) is 4. The Balaban J connectivity index is 1.60. The van der Waals surface area contributed by atoms with Crippen molar-refractivity contribution in [1.29, 1.82) is 0 Å². The molecular formula is C24H27F2N3O4. The van der Waals surface area contributed by atoms with E-state index in [1.54, 1.807) is 29.3 Å². The number of piperidine rings is 1. The number of hydrogen-bond donors (Lipinski definition) is 2. The van der Waals surface area contributed by atoms with Gasteiger partial charge in [-0.2, -0.15) is 0 Å². The summed E-state index contributed by atoms with van der Waals surface area (Å²) in [6, 6.07) is 8.48. The van der Waals surface area contributed by atoms with Crippen molar-refractivity contribution < 1.29 is 28.6 Å². The Morgan fingerprint density at radius 1 is 1.03 bits per heavy atom. The Morgan fingerprint density at radius 2 is 1.73 bits per heavy atom. The van der Waals surface area contributed by atoms with Gasteiger partial charge in [0.05, 0.1) is 11.6 Å². The first-order valence-corrected chi connectivity index (χ1v) is 11.0. The first-order chi connectivity index (χ1) is 15.6. The molecule has 5 atom stereocenters. The number of rotatable bonds is 3. The van der Waals surface area contributed by atoms with Gasteiger partial charge in [-0.25, -0.2) is 13.6 Å². The molecule has 2 fully saturated rings. The van der Waals surface area contributed by atoms with Crippen LogP contribution in [-0.4, -0.2) is 63.2 Å². The minimum Gasteiger partial charge on any atom is -0.465 e.